The number of pyridine rings is 1. The maximum absolute atomic E-state index is 12.2. The second kappa shape index (κ2) is 5.64. The predicted octanol–water partition coefficient (Wildman–Crippen LogP) is 1.59. The van der Waals surface area contributed by atoms with E-state index in [9.17, 15) is 9.59 Å². The van der Waals surface area contributed by atoms with Crippen LogP contribution in [-0.4, -0.2) is 39.3 Å². The second-order valence-electron chi connectivity index (χ2n) is 6.20. The monoisotopic (exact) mass is 314 g/mol. The minimum atomic E-state index is -0.450. The molecule has 1 N–H and O–H groups in total. The van der Waals surface area contributed by atoms with E-state index in [0.717, 1.165) is 23.9 Å². The van der Waals surface area contributed by atoms with Crippen LogP contribution in [0.25, 0.3) is 11.0 Å². The van der Waals surface area contributed by atoms with Crippen molar-refractivity contribution in [2.75, 3.05) is 6.54 Å². The van der Waals surface area contributed by atoms with Crippen molar-refractivity contribution in [3.05, 3.63) is 24.0 Å². The molecule has 2 fully saturated rings. The molecule has 1 aliphatic carbocycles. The topological polar surface area (TPSA) is 86.1 Å². The van der Waals surface area contributed by atoms with Gasteiger partial charge in [-0.25, -0.2) is 14.5 Å². The lowest BCUT2D eigenvalue weighted by atomic mass is 10.2. The Morgan fingerprint density at radius 1 is 1.30 bits per heavy atom. The summed E-state index contributed by atoms with van der Waals surface area (Å²) in [7, 11) is 0. The van der Waals surface area contributed by atoms with Gasteiger partial charge in [-0.1, -0.05) is 12.8 Å². The second-order valence-corrected chi connectivity index (χ2v) is 6.20. The average Bonchev–Trinajstić information content (AvgIpc) is 3.26. The highest BCUT2D eigenvalue weighted by Gasteiger charge is 2.26. The zero-order valence-electron chi connectivity index (χ0n) is 12.7. The largest absolute Gasteiger partial charge is 0.456 e. The minimum absolute atomic E-state index is 0.0887. The van der Waals surface area contributed by atoms with Gasteiger partial charge in [0.05, 0.1) is 30.8 Å². The number of esters is 1. The molecular weight excluding hydrogens is 296 g/mol. The van der Waals surface area contributed by atoms with E-state index in [-0.39, 0.29) is 12.3 Å². The fraction of sp³-hybridized carbons (Fsp3) is 0.500. The number of rotatable bonds is 3. The maximum Gasteiger partial charge on any atom is 0.340 e. The normalized spacial score (nSPS) is 21.7. The molecule has 3 heterocycles. The molecule has 0 bridgehead atoms. The third-order valence-electron chi connectivity index (χ3n) is 4.55. The summed E-state index contributed by atoms with van der Waals surface area (Å²) in [6.45, 7) is 0.375. The van der Waals surface area contributed by atoms with Crippen molar-refractivity contribution in [3.8, 4) is 0 Å². The molecule has 1 amide bonds. The average molecular weight is 314 g/mol. The van der Waals surface area contributed by atoms with E-state index < -0.39 is 12.1 Å². The number of carbonyl (C=O) groups excluding carboxylic acids is 2. The van der Waals surface area contributed by atoms with Crippen LogP contribution >= 0.6 is 0 Å². The lowest BCUT2D eigenvalue weighted by Crippen LogP contribution is -2.21. The number of nitrogens with one attached hydrogen (secondary N) is 1. The molecule has 120 valence electrons. The van der Waals surface area contributed by atoms with Gasteiger partial charge in [0.25, 0.3) is 0 Å². The molecular formula is C16H18N4O3. The number of aromatic nitrogens is 3. The molecule has 1 saturated carbocycles. The van der Waals surface area contributed by atoms with E-state index in [1.54, 1.807) is 12.3 Å². The molecule has 4 rings (SSSR count). The SMILES string of the molecule is O=C1C[C@H](OC(=O)c2cnc3c(cnn3C3CCCC3)c2)CN1. The summed E-state index contributed by atoms with van der Waals surface area (Å²) in [5, 5.41) is 7.92. The number of amides is 1. The van der Waals surface area contributed by atoms with Crippen molar-refractivity contribution in [2.24, 2.45) is 0 Å². The predicted molar refractivity (Wildman–Crippen MR) is 81.9 cm³/mol. The van der Waals surface area contributed by atoms with Crippen molar-refractivity contribution in [3.63, 3.8) is 0 Å². The van der Waals surface area contributed by atoms with Crippen molar-refractivity contribution in [1.82, 2.24) is 20.1 Å². The summed E-state index contributed by atoms with van der Waals surface area (Å²) in [4.78, 5) is 27.7. The summed E-state index contributed by atoms with van der Waals surface area (Å²) in [6.07, 6.45) is 7.82. The first-order valence-corrected chi connectivity index (χ1v) is 8.01. The van der Waals surface area contributed by atoms with Crippen molar-refractivity contribution in [2.45, 2.75) is 44.2 Å². The van der Waals surface area contributed by atoms with Gasteiger partial charge in [0.15, 0.2) is 5.65 Å². The van der Waals surface area contributed by atoms with Crippen LogP contribution < -0.4 is 5.32 Å². The third-order valence-corrected chi connectivity index (χ3v) is 4.55. The maximum atomic E-state index is 12.2. The molecule has 2 aromatic rings. The van der Waals surface area contributed by atoms with Gasteiger partial charge in [-0.3, -0.25) is 4.79 Å². The number of hydrogen-bond donors (Lipinski definition) is 1. The van der Waals surface area contributed by atoms with E-state index >= 15 is 0 Å². The molecule has 0 unspecified atom stereocenters. The Morgan fingerprint density at radius 2 is 2.13 bits per heavy atom. The smallest absolute Gasteiger partial charge is 0.340 e. The van der Waals surface area contributed by atoms with Crippen LogP contribution in [0.2, 0.25) is 0 Å². The highest BCUT2D eigenvalue weighted by Crippen LogP contribution is 2.31. The van der Waals surface area contributed by atoms with Crippen molar-refractivity contribution in [1.29, 1.82) is 0 Å². The van der Waals surface area contributed by atoms with Gasteiger partial charge in [0.1, 0.15) is 6.10 Å². The third kappa shape index (κ3) is 2.67. The molecule has 23 heavy (non-hydrogen) atoms. The quantitative estimate of drug-likeness (QED) is 0.870. The molecule has 2 aliphatic rings. The van der Waals surface area contributed by atoms with E-state index in [1.807, 2.05) is 4.68 Å². The van der Waals surface area contributed by atoms with E-state index in [1.165, 1.54) is 19.0 Å². The van der Waals surface area contributed by atoms with Gasteiger partial charge in [0, 0.05) is 11.6 Å². The van der Waals surface area contributed by atoms with Crippen LogP contribution in [0.4, 0.5) is 0 Å². The van der Waals surface area contributed by atoms with Gasteiger partial charge >= 0.3 is 5.97 Å². The summed E-state index contributed by atoms with van der Waals surface area (Å²) in [5.41, 5.74) is 1.20. The summed E-state index contributed by atoms with van der Waals surface area (Å²) < 4.78 is 7.30. The van der Waals surface area contributed by atoms with Gasteiger partial charge in [0.2, 0.25) is 5.91 Å². The van der Waals surface area contributed by atoms with Crippen LogP contribution in [0.5, 0.6) is 0 Å². The van der Waals surface area contributed by atoms with E-state index in [2.05, 4.69) is 15.4 Å². The zero-order valence-corrected chi connectivity index (χ0v) is 12.7. The molecule has 7 heteroatoms. The molecule has 0 aromatic carbocycles. The highest BCUT2D eigenvalue weighted by atomic mass is 16.5. The fourth-order valence-electron chi connectivity index (χ4n) is 3.35. The van der Waals surface area contributed by atoms with E-state index in [0.29, 0.717) is 18.2 Å². The van der Waals surface area contributed by atoms with Crippen LogP contribution in [-0.2, 0) is 9.53 Å². The Morgan fingerprint density at radius 3 is 2.87 bits per heavy atom. The summed E-state index contributed by atoms with van der Waals surface area (Å²) in [6, 6.07) is 2.17. The number of carbonyl (C=O) groups is 2. The van der Waals surface area contributed by atoms with Gasteiger partial charge in [-0.2, -0.15) is 5.10 Å². The van der Waals surface area contributed by atoms with Crippen LogP contribution in [0, 0.1) is 0 Å². The fourth-order valence-corrected chi connectivity index (χ4v) is 3.35. The number of ether oxygens (including phenoxy) is 1. The van der Waals surface area contributed by atoms with Gasteiger partial charge in [-0.15, -0.1) is 0 Å². The molecule has 2 aromatic heterocycles. The highest BCUT2D eigenvalue weighted by molar-refractivity contribution is 5.93. The standard InChI is InChI=1S/C16H18N4O3/c21-14-6-13(9-17-14)23-16(22)11-5-10-8-19-20(15(10)18-7-11)12-3-1-2-4-12/h5,7-8,12-13H,1-4,6,9H2,(H,17,21)/t13-/m0/s1. The van der Waals surface area contributed by atoms with E-state index in [4.69, 9.17) is 4.74 Å². The molecule has 7 nitrogen and oxygen atoms in total. The first-order valence-electron chi connectivity index (χ1n) is 8.01. The summed E-state index contributed by atoms with van der Waals surface area (Å²) in [5.74, 6) is -0.538. The Hall–Kier alpha value is -2.44. The molecule has 1 aliphatic heterocycles. The van der Waals surface area contributed by atoms with Crippen LogP contribution in [0.15, 0.2) is 18.5 Å². The first kappa shape index (κ1) is 14.2. The lowest BCUT2D eigenvalue weighted by molar-refractivity contribution is -0.119. The molecule has 0 spiro atoms. The molecule has 0 radical (unpaired) electrons. The summed E-state index contributed by atoms with van der Waals surface area (Å²) >= 11 is 0. The molecule has 1 atom stereocenters. The van der Waals surface area contributed by atoms with Crippen LogP contribution in [0.1, 0.15) is 48.5 Å². The Balaban J connectivity index is 1.54. The minimum Gasteiger partial charge on any atom is -0.456 e. The zero-order chi connectivity index (χ0) is 15.8. The Labute approximate surface area is 133 Å². The Kier molecular flexibility index (Phi) is 3.48. The molecule has 1 saturated heterocycles. The van der Waals surface area contributed by atoms with Crippen LogP contribution in [0.3, 0.4) is 0 Å². The van der Waals surface area contributed by atoms with Crippen molar-refractivity contribution >= 4 is 22.9 Å². The lowest BCUT2D eigenvalue weighted by Gasteiger charge is -2.11. The first-order chi connectivity index (χ1) is 11.2. The Bertz CT molecular complexity index is 764. The van der Waals surface area contributed by atoms with Gasteiger partial charge in [-0.05, 0) is 18.9 Å². The number of fused-ring (bicyclic) bond motifs is 1. The van der Waals surface area contributed by atoms with Gasteiger partial charge < -0.3 is 10.1 Å². The van der Waals surface area contributed by atoms with Crippen molar-refractivity contribution < 1.29 is 14.3 Å². The number of nitrogens with zero attached hydrogens (tertiary/aromatic N) is 3. The number of hydrogen-bond acceptors (Lipinski definition) is 5.